The van der Waals surface area contributed by atoms with Crippen molar-refractivity contribution in [2.24, 2.45) is 0 Å². The first-order chi connectivity index (χ1) is 12.1. The summed E-state index contributed by atoms with van der Waals surface area (Å²) in [6.45, 7) is 9.21. The first-order valence-corrected chi connectivity index (χ1v) is 8.58. The molecule has 1 rings (SSSR count). The highest BCUT2D eigenvalue weighted by Gasteiger charge is 2.19. The Balaban J connectivity index is 2.33. The molecule has 7 nitrogen and oxygen atoms in total. The van der Waals surface area contributed by atoms with Gasteiger partial charge in [0.2, 0.25) is 0 Å². The van der Waals surface area contributed by atoms with E-state index >= 15 is 0 Å². The molecular weight excluding hydrogens is 336 g/mol. The summed E-state index contributed by atoms with van der Waals surface area (Å²) in [5, 5.41) is 3.17. The van der Waals surface area contributed by atoms with Crippen molar-refractivity contribution in [3.05, 3.63) is 29.3 Å². The van der Waals surface area contributed by atoms with Gasteiger partial charge >= 0.3 is 12.1 Å². The second kappa shape index (κ2) is 10.0. The number of hydrogen-bond donors (Lipinski definition) is 1. The third-order valence-electron chi connectivity index (χ3n) is 3.42. The van der Waals surface area contributed by atoms with Crippen molar-refractivity contribution < 1.29 is 23.8 Å². The van der Waals surface area contributed by atoms with Gasteiger partial charge in [-0.05, 0) is 39.8 Å². The minimum absolute atomic E-state index is 0.374. The minimum atomic E-state index is -0.512. The molecule has 0 atom stereocenters. The van der Waals surface area contributed by atoms with Crippen LogP contribution in [0.4, 0.5) is 10.5 Å². The van der Waals surface area contributed by atoms with E-state index < -0.39 is 5.60 Å². The Kier molecular flexibility index (Phi) is 8.38. The van der Waals surface area contributed by atoms with E-state index in [2.05, 4.69) is 5.32 Å². The van der Waals surface area contributed by atoms with Crippen LogP contribution < -0.4 is 5.32 Å². The highest BCUT2D eigenvalue weighted by atomic mass is 16.6. The summed E-state index contributed by atoms with van der Waals surface area (Å²) in [6, 6.07) is 5.55. The molecule has 0 radical (unpaired) electrons. The lowest BCUT2D eigenvalue weighted by molar-refractivity contribution is 0.0236. The van der Waals surface area contributed by atoms with Crippen molar-refractivity contribution in [2.75, 3.05) is 45.8 Å². The molecule has 7 heteroatoms. The van der Waals surface area contributed by atoms with Crippen LogP contribution in [0.15, 0.2) is 18.2 Å². The molecule has 0 spiro atoms. The van der Waals surface area contributed by atoms with E-state index in [1.54, 1.807) is 13.1 Å². The molecule has 1 amide bonds. The third-order valence-corrected chi connectivity index (χ3v) is 3.42. The summed E-state index contributed by atoms with van der Waals surface area (Å²) in [6.07, 6.45) is -0.374. The number of nitrogens with zero attached hydrogens (tertiary/aromatic N) is 1. The maximum Gasteiger partial charge on any atom is 0.410 e. The van der Waals surface area contributed by atoms with Crippen LogP contribution in [0.5, 0.6) is 0 Å². The normalized spacial score (nSPS) is 11.0. The van der Waals surface area contributed by atoms with Gasteiger partial charge in [0, 0.05) is 25.8 Å². The highest BCUT2D eigenvalue weighted by Crippen LogP contribution is 2.18. The zero-order valence-electron chi connectivity index (χ0n) is 16.5. The van der Waals surface area contributed by atoms with Crippen molar-refractivity contribution in [1.82, 2.24) is 4.90 Å². The monoisotopic (exact) mass is 366 g/mol. The van der Waals surface area contributed by atoms with Gasteiger partial charge in [0.25, 0.3) is 0 Å². The summed E-state index contributed by atoms with van der Waals surface area (Å²) in [5.74, 6) is -0.379. The average molecular weight is 366 g/mol. The molecule has 0 bridgehead atoms. The summed E-state index contributed by atoms with van der Waals surface area (Å²) in [7, 11) is 3.03. The Bertz CT molecular complexity index is 610. The van der Waals surface area contributed by atoms with Gasteiger partial charge in [-0.2, -0.15) is 0 Å². The number of amides is 1. The molecule has 0 aliphatic heterocycles. The summed E-state index contributed by atoms with van der Waals surface area (Å²) in [4.78, 5) is 25.1. The van der Waals surface area contributed by atoms with Crippen molar-refractivity contribution in [2.45, 2.75) is 33.3 Å². The van der Waals surface area contributed by atoms with Gasteiger partial charge in [-0.3, -0.25) is 0 Å². The number of benzene rings is 1. The van der Waals surface area contributed by atoms with E-state index in [4.69, 9.17) is 14.2 Å². The first-order valence-electron chi connectivity index (χ1n) is 8.58. The largest absolute Gasteiger partial charge is 0.465 e. The SMILES string of the molecule is COC(=O)c1cc(C)ccc1NCCOCCN(C)C(=O)OC(C)(C)C. The maximum absolute atomic E-state index is 11.8. The standard InChI is InChI=1S/C19H30N2O5/c1-14-7-8-16(15(13-14)17(22)24-6)20-9-11-25-12-10-21(5)18(23)26-19(2,3)4/h7-8,13,20H,9-12H2,1-6H3. The van der Waals surface area contributed by atoms with E-state index in [-0.39, 0.29) is 12.1 Å². The fraction of sp³-hybridized carbons (Fsp3) is 0.579. The zero-order chi connectivity index (χ0) is 19.7. The van der Waals surface area contributed by atoms with Crippen LogP contribution in [-0.4, -0.2) is 63.0 Å². The van der Waals surface area contributed by atoms with Crippen LogP contribution in [0.25, 0.3) is 0 Å². The molecule has 0 fully saturated rings. The second-order valence-corrected chi connectivity index (χ2v) is 6.98. The van der Waals surface area contributed by atoms with E-state index in [9.17, 15) is 9.59 Å². The predicted octanol–water partition coefficient (Wildman–Crippen LogP) is 3.08. The quantitative estimate of drug-likeness (QED) is 0.563. The molecule has 0 aliphatic carbocycles. The molecule has 0 aromatic heterocycles. The third kappa shape index (κ3) is 7.74. The maximum atomic E-state index is 11.8. The summed E-state index contributed by atoms with van der Waals surface area (Å²) in [5.41, 5.74) is 1.67. The van der Waals surface area contributed by atoms with E-state index in [1.807, 2.05) is 39.8 Å². The number of nitrogens with one attached hydrogen (secondary N) is 1. The number of rotatable bonds is 8. The molecule has 0 unspecified atom stereocenters. The number of carbonyl (C=O) groups is 2. The van der Waals surface area contributed by atoms with E-state index in [1.165, 1.54) is 12.0 Å². The minimum Gasteiger partial charge on any atom is -0.465 e. The number of methoxy groups -OCH3 is 1. The van der Waals surface area contributed by atoms with Crippen molar-refractivity contribution >= 4 is 17.7 Å². The first kappa shape index (κ1) is 21.8. The molecule has 1 aromatic rings. The molecule has 0 saturated carbocycles. The lowest BCUT2D eigenvalue weighted by atomic mass is 10.1. The van der Waals surface area contributed by atoms with Crippen LogP contribution >= 0.6 is 0 Å². The fourth-order valence-electron chi connectivity index (χ4n) is 2.08. The second-order valence-electron chi connectivity index (χ2n) is 6.98. The van der Waals surface area contributed by atoms with Gasteiger partial charge in [0.1, 0.15) is 5.60 Å². The zero-order valence-corrected chi connectivity index (χ0v) is 16.5. The van der Waals surface area contributed by atoms with Crippen LogP contribution in [0.1, 0.15) is 36.7 Å². The van der Waals surface area contributed by atoms with Gasteiger partial charge in [0.05, 0.1) is 25.9 Å². The smallest absolute Gasteiger partial charge is 0.410 e. The van der Waals surface area contributed by atoms with E-state index in [0.717, 1.165) is 5.56 Å². The van der Waals surface area contributed by atoms with Crippen molar-refractivity contribution in [1.29, 1.82) is 0 Å². The fourth-order valence-corrected chi connectivity index (χ4v) is 2.08. The number of anilines is 1. The van der Waals surface area contributed by atoms with Crippen LogP contribution in [0.3, 0.4) is 0 Å². The van der Waals surface area contributed by atoms with Gasteiger partial charge in [-0.25, -0.2) is 9.59 Å². The number of likely N-dealkylation sites (N-methyl/N-ethyl adjacent to an activating group) is 1. The number of ether oxygens (including phenoxy) is 3. The Morgan fingerprint density at radius 3 is 2.50 bits per heavy atom. The Morgan fingerprint density at radius 2 is 1.88 bits per heavy atom. The predicted molar refractivity (Wildman–Crippen MR) is 101 cm³/mol. The number of hydrogen-bond acceptors (Lipinski definition) is 6. The van der Waals surface area contributed by atoms with Crippen LogP contribution in [-0.2, 0) is 14.2 Å². The lowest BCUT2D eigenvalue weighted by Gasteiger charge is -2.24. The van der Waals surface area contributed by atoms with Gasteiger partial charge < -0.3 is 24.4 Å². The summed E-state index contributed by atoms with van der Waals surface area (Å²) >= 11 is 0. The number of carbonyl (C=O) groups excluding carboxylic acids is 2. The molecular formula is C19H30N2O5. The molecule has 146 valence electrons. The Labute approximate surface area is 155 Å². The molecule has 0 heterocycles. The molecule has 0 saturated heterocycles. The molecule has 26 heavy (non-hydrogen) atoms. The number of esters is 1. The van der Waals surface area contributed by atoms with Crippen molar-refractivity contribution in [3.63, 3.8) is 0 Å². The summed E-state index contributed by atoms with van der Waals surface area (Å²) < 4.78 is 15.6. The van der Waals surface area contributed by atoms with Gasteiger partial charge in [0.15, 0.2) is 0 Å². The molecule has 1 aromatic carbocycles. The van der Waals surface area contributed by atoms with Crippen LogP contribution in [0, 0.1) is 6.92 Å². The van der Waals surface area contributed by atoms with Gasteiger partial charge in [-0.15, -0.1) is 0 Å². The van der Waals surface area contributed by atoms with Gasteiger partial charge in [-0.1, -0.05) is 11.6 Å². The Morgan fingerprint density at radius 1 is 1.19 bits per heavy atom. The number of aryl methyl sites for hydroxylation is 1. The molecule has 0 aliphatic rings. The average Bonchev–Trinajstić information content (AvgIpc) is 2.56. The van der Waals surface area contributed by atoms with E-state index in [0.29, 0.717) is 37.6 Å². The lowest BCUT2D eigenvalue weighted by Crippen LogP contribution is -2.36. The van der Waals surface area contributed by atoms with Crippen molar-refractivity contribution in [3.8, 4) is 0 Å². The highest BCUT2D eigenvalue weighted by molar-refractivity contribution is 5.95. The van der Waals surface area contributed by atoms with Crippen LogP contribution in [0.2, 0.25) is 0 Å². The Hall–Kier alpha value is -2.28. The molecule has 1 N–H and O–H groups in total. The topological polar surface area (TPSA) is 77.1 Å².